The molecule has 1 amide bonds. The van der Waals surface area contributed by atoms with Gasteiger partial charge in [-0.05, 0) is 26.3 Å². The zero-order valence-corrected chi connectivity index (χ0v) is 7.47. The zero-order valence-electron chi connectivity index (χ0n) is 7.47. The highest BCUT2D eigenvalue weighted by Gasteiger charge is 2.21. The van der Waals surface area contributed by atoms with Gasteiger partial charge >= 0.3 is 0 Å². The first kappa shape index (κ1) is 9.48. The number of carbonyl (C=O) groups excluding carboxylic acids is 1. The lowest BCUT2D eigenvalue weighted by molar-refractivity contribution is -0.120. The summed E-state index contributed by atoms with van der Waals surface area (Å²) in [5.74, 6) is -0.0597. The van der Waals surface area contributed by atoms with Crippen LogP contribution in [0, 0.1) is 0 Å². The maximum Gasteiger partial charge on any atom is 0.234 e. The average molecular weight is 171 g/mol. The number of nitrogens with two attached hydrogens (primary N) is 1. The van der Waals surface area contributed by atoms with Crippen molar-refractivity contribution < 1.29 is 4.79 Å². The molecule has 0 spiro atoms. The minimum atomic E-state index is -0.0597. The highest BCUT2D eigenvalue weighted by atomic mass is 16.1. The van der Waals surface area contributed by atoms with E-state index in [1.54, 1.807) is 0 Å². The van der Waals surface area contributed by atoms with Crippen molar-refractivity contribution in [2.75, 3.05) is 13.1 Å². The quantitative estimate of drug-likeness (QED) is 0.509. The zero-order chi connectivity index (χ0) is 8.97. The van der Waals surface area contributed by atoms with E-state index in [0.29, 0.717) is 6.04 Å². The van der Waals surface area contributed by atoms with E-state index in [0.717, 1.165) is 19.4 Å². The molecule has 1 aliphatic rings. The third-order valence-corrected chi connectivity index (χ3v) is 2.29. The van der Waals surface area contributed by atoms with Crippen molar-refractivity contribution >= 4 is 5.91 Å². The molecular formula is C8H17N3O. The molecule has 4 nitrogen and oxygen atoms in total. The molecule has 1 fully saturated rings. The van der Waals surface area contributed by atoms with Gasteiger partial charge < -0.3 is 16.4 Å². The molecule has 0 bridgehead atoms. The summed E-state index contributed by atoms with van der Waals surface area (Å²) in [5.41, 5.74) is 5.20. The largest absolute Gasteiger partial charge is 0.351 e. The molecule has 70 valence electrons. The van der Waals surface area contributed by atoms with Crippen LogP contribution in [0.15, 0.2) is 0 Å². The van der Waals surface area contributed by atoms with E-state index in [9.17, 15) is 4.79 Å². The number of piperidine rings is 1. The van der Waals surface area contributed by atoms with Crippen molar-refractivity contribution in [2.45, 2.75) is 31.8 Å². The van der Waals surface area contributed by atoms with Crippen LogP contribution in [-0.2, 0) is 4.79 Å². The lowest BCUT2D eigenvalue weighted by Gasteiger charge is -2.30. The molecule has 2 atom stereocenters. The molecule has 1 saturated heterocycles. The van der Waals surface area contributed by atoms with Gasteiger partial charge in [-0.1, -0.05) is 0 Å². The van der Waals surface area contributed by atoms with Gasteiger partial charge in [-0.3, -0.25) is 4.79 Å². The van der Waals surface area contributed by atoms with E-state index < -0.39 is 0 Å². The highest BCUT2D eigenvalue weighted by Crippen LogP contribution is 2.07. The maximum atomic E-state index is 11.0. The molecule has 0 aromatic rings. The van der Waals surface area contributed by atoms with Gasteiger partial charge in [-0.25, -0.2) is 0 Å². The van der Waals surface area contributed by atoms with Crippen molar-refractivity contribution in [3.8, 4) is 0 Å². The monoisotopic (exact) mass is 171 g/mol. The first-order valence-corrected chi connectivity index (χ1v) is 4.47. The first-order valence-electron chi connectivity index (χ1n) is 4.47. The Kier molecular flexibility index (Phi) is 3.49. The van der Waals surface area contributed by atoms with Crippen LogP contribution in [0.3, 0.4) is 0 Å². The normalized spacial score (nSPS) is 29.8. The number of rotatable bonds is 2. The molecule has 0 radical (unpaired) electrons. The second-order valence-electron chi connectivity index (χ2n) is 3.26. The molecule has 0 saturated carbocycles. The standard InChI is InChI=1S/C8H17N3O/c1-6-7(3-2-4-10-6)11-8(12)5-9/h6-7,10H,2-5,9H2,1H3,(H,11,12). The van der Waals surface area contributed by atoms with Crippen LogP contribution in [0.4, 0.5) is 0 Å². The van der Waals surface area contributed by atoms with E-state index in [1.165, 1.54) is 0 Å². The second-order valence-corrected chi connectivity index (χ2v) is 3.26. The Labute approximate surface area is 72.9 Å². The number of carbonyl (C=O) groups is 1. The van der Waals surface area contributed by atoms with Crippen LogP contribution in [0.2, 0.25) is 0 Å². The van der Waals surface area contributed by atoms with E-state index in [4.69, 9.17) is 5.73 Å². The van der Waals surface area contributed by atoms with Crippen molar-refractivity contribution in [2.24, 2.45) is 5.73 Å². The van der Waals surface area contributed by atoms with Crippen LogP contribution >= 0.6 is 0 Å². The summed E-state index contributed by atoms with van der Waals surface area (Å²) in [6, 6.07) is 0.629. The summed E-state index contributed by atoms with van der Waals surface area (Å²) < 4.78 is 0. The van der Waals surface area contributed by atoms with E-state index in [2.05, 4.69) is 17.6 Å². The van der Waals surface area contributed by atoms with Crippen LogP contribution in [-0.4, -0.2) is 31.1 Å². The van der Waals surface area contributed by atoms with Gasteiger partial charge in [0.2, 0.25) is 5.91 Å². The Morgan fingerprint density at radius 1 is 1.75 bits per heavy atom. The summed E-state index contributed by atoms with van der Waals surface area (Å²) in [4.78, 5) is 11.0. The summed E-state index contributed by atoms with van der Waals surface area (Å²) in [6.45, 7) is 3.22. The minimum Gasteiger partial charge on any atom is -0.351 e. The number of nitrogens with one attached hydrogen (secondary N) is 2. The highest BCUT2D eigenvalue weighted by molar-refractivity contribution is 5.78. The maximum absolute atomic E-state index is 11.0. The fraction of sp³-hybridized carbons (Fsp3) is 0.875. The third-order valence-electron chi connectivity index (χ3n) is 2.29. The van der Waals surface area contributed by atoms with Crippen LogP contribution < -0.4 is 16.4 Å². The summed E-state index contributed by atoms with van der Waals surface area (Å²) in [6.07, 6.45) is 2.18. The van der Waals surface area contributed by atoms with Crippen LogP contribution in [0.5, 0.6) is 0 Å². The molecule has 0 aromatic heterocycles. The van der Waals surface area contributed by atoms with Crippen LogP contribution in [0.1, 0.15) is 19.8 Å². The second kappa shape index (κ2) is 4.42. The SMILES string of the molecule is CC1NCCCC1NC(=O)CN. The predicted molar refractivity (Wildman–Crippen MR) is 47.7 cm³/mol. The summed E-state index contributed by atoms with van der Waals surface area (Å²) in [5, 5.41) is 6.20. The molecule has 1 heterocycles. The van der Waals surface area contributed by atoms with Crippen LogP contribution in [0.25, 0.3) is 0 Å². The Morgan fingerprint density at radius 2 is 2.50 bits per heavy atom. The lowest BCUT2D eigenvalue weighted by atomic mass is 10.00. The smallest absolute Gasteiger partial charge is 0.234 e. The molecule has 12 heavy (non-hydrogen) atoms. The Hall–Kier alpha value is -0.610. The molecular weight excluding hydrogens is 154 g/mol. The van der Waals surface area contributed by atoms with Crippen molar-refractivity contribution in [1.29, 1.82) is 0 Å². The van der Waals surface area contributed by atoms with Gasteiger partial charge in [0, 0.05) is 12.1 Å². The lowest BCUT2D eigenvalue weighted by Crippen LogP contribution is -2.53. The predicted octanol–water partition coefficient (Wildman–Crippen LogP) is -0.798. The number of amides is 1. The van der Waals surface area contributed by atoms with Crippen molar-refractivity contribution in [3.63, 3.8) is 0 Å². The van der Waals surface area contributed by atoms with Crippen molar-refractivity contribution in [3.05, 3.63) is 0 Å². The third kappa shape index (κ3) is 2.46. The Balaban J connectivity index is 2.33. The van der Waals surface area contributed by atoms with Gasteiger partial charge in [0.15, 0.2) is 0 Å². The average Bonchev–Trinajstić information content (AvgIpc) is 2.09. The Bertz CT molecular complexity index is 160. The van der Waals surface area contributed by atoms with Gasteiger partial charge in [0.25, 0.3) is 0 Å². The Morgan fingerprint density at radius 3 is 3.08 bits per heavy atom. The van der Waals surface area contributed by atoms with E-state index in [-0.39, 0.29) is 18.5 Å². The molecule has 0 aliphatic carbocycles. The van der Waals surface area contributed by atoms with Gasteiger partial charge in [-0.15, -0.1) is 0 Å². The molecule has 4 heteroatoms. The molecule has 1 aliphatic heterocycles. The van der Waals surface area contributed by atoms with Gasteiger partial charge in [-0.2, -0.15) is 0 Å². The fourth-order valence-electron chi connectivity index (χ4n) is 1.51. The van der Waals surface area contributed by atoms with Gasteiger partial charge in [0.05, 0.1) is 6.54 Å². The molecule has 4 N–H and O–H groups in total. The number of hydrogen-bond acceptors (Lipinski definition) is 3. The minimum absolute atomic E-state index is 0.0597. The topological polar surface area (TPSA) is 67.1 Å². The van der Waals surface area contributed by atoms with E-state index in [1.807, 2.05) is 0 Å². The molecule has 0 aromatic carbocycles. The number of hydrogen-bond donors (Lipinski definition) is 3. The van der Waals surface area contributed by atoms with Crippen molar-refractivity contribution in [1.82, 2.24) is 10.6 Å². The van der Waals surface area contributed by atoms with E-state index >= 15 is 0 Å². The van der Waals surface area contributed by atoms with Gasteiger partial charge in [0.1, 0.15) is 0 Å². The fourth-order valence-corrected chi connectivity index (χ4v) is 1.51. The summed E-state index contributed by atoms with van der Waals surface area (Å²) in [7, 11) is 0. The molecule has 2 unspecified atom stereocenters. The molecule has 1 rings (SSSR count). The first-order chi connectivity index (χ1) is 5.74. The summed E-state index contributed by atoms with van der Waals surface area (Å²) >= 11 is 0.